The lowest BCUT2D eigenvalue weighted by Gasteiger charge is -2.43. The van der Waals surface area contributed by atoms with Gasteiger partial charge in [-0.2, -0.15) is 0 Å². The van der Waals surface area contributed by atoms with E-state index in [1.165, 1.54) is 19.3 Å². The first kappa shape index (κ1) is 12.3. The predicted molar refractivity (Wildman–Crippen MR) is 70.9 cm³/mol. The Morgan fingerprint density at radius 2 is 1.94 bits per heavy atom. The molecule has 1 fully saturated rings. The maximum atomic E-state index is 12.5. The maximum absolute atomic E-state index is 12.5. The summed E-state index contributed by atoms with van der Waals surface area (Å²) < 4.78 is 0. The molecule has 2 rings (SSSR count). The van der Waals surface area contributed by atoms with Crippen molar-refractivity contribution in [1.82, 2.24) is 4.90 Å². The fourth-order valence-corrected chi connectivity index (χ4v) is 2.82. The van der Waals surface area contributed by atoms with E-state index in [9.17, 15) is 4.79 Å². The Labute approximate surface area is 104 Å². The minimum absolute atomic E-state index is 0.181. The third-order valence-corrected chi connectivity index (χ3v) is 3.75. The molecular formula is C15H21NO. The van der Waals surface area contributed by atoms with Crippen LogP contribution in [0, 0.1) is 0 Å². The van der Waals surface area contributed by atoms with Crippen LogP contribution in [0.4, 0.5) is 0 Å². The third kappa shape index (κ3) is 2.27. The summed E-state index contributed by atoms with van der Waals surface area (Å²) in [4.78, 5) is 14.8. The molecule has 0 N–H and O–H groups in total. The molecule has 2 nitrogen and oxygen atoms in total. The summed E-state index contributed by atoms with van der Waals surface area (Å²) in [5, 5.41) is 0. The van der Waals surface area contributed by atoms with Crippen molar-refractivity contribution in [2.24, 2.45) is 0 Å². The Bertz CT molecular complexity index is 374. The molecule has 0 bridgehead atoms. The van der Waals surface area contributed by atoms with E-state index < -0.39 is 5.54 Å². The summed E-state index contributed by atoms with van der Waals surface area (Å²) in [6, 6.07) is 0. The first-order valence-corrected chi connectivity index (χ1v) is 6.46. The molecular weight excluding hydrogens is 210 g/mol. The molecule has 0 spiro atoms. The van der Waals surface area contributed by atoms with E-state index in [1.54, 1.807) is 0 Å². The Hall–Kier alpha value is -1.15. The molecule has 1 atom stereocenters. The molecule has 1 heterocycles. The van der Waals surface area contributed by atoms with Gasteiger partial charge in [0.05, 0.1) is 0 Å². The molecule has 0 amide bonds. The predicted octanol–water partition coefficient (Wildman–Crippen LogP) is 2.87. The van der Waals surface area contributed by atoms with Crippen LogP contribution in [0.3, 0.4) is 0 Å². The second kappa shape index (κ2) is 5.01. The number of nitrogens with zero attached hydrogens (tertiary/aromatic N) is 1. The van der Waals surface area contributed by atoms with Crippen LogP contribution < -0.4 is 0 Å². The summed E-state index contributed by atoms with van der Waals surface area (Å²) in [6.07, 6.45) is 12.6. The lowest BCUT2D eigenvalue weighted by atomic mass is 9.81. The number of hydrogen-bond acceptors (Lipinski definition) is 2. The van der Waals surface area contributed by atoms with Crippen molar-refractivity contribution in [3.05, 3.63) is 36.5 Å². The zero-order valence-electron chi connectivity index (χ0n) is 10.6. The van der Waals surface area contributed by atoms with E-state index >= 15 is 0 Å². The minimum atomic E-state index is -0.443. The number of carbonyl (C=O) groups is 1. The number of allylic oxidation sites excluding steroid dienone is 2. The van der Waals surface area contributed by atoms with Crippen molar-refractivity contribution in [2.45, 2.75) is 38.1 Å². The Morgan fingerprint density at radius 1 is 1.24 bits per heavy atom. The van der Waals surface area contributed by atoms with Gasteiger partial charge < -0.3 is 0 Å². The van der Waals surface area contributed by atoms with Gasteiger partial charge >= 0.3 is 0 Å². The van der Waals surface area contributed by atoms with E-state index in [0.29, 0.717) is 5.57 Å². The molecule has 2 aliphatic rings. The van der Waals surface area contributed by atoms with Crippen molar-refractivity contribution in [1.29, 1.82) is 0 Å². The van der Waals surface area contributed by atoms with Gasteiger partial charge in [0.15, 0.2) is 5.78 Å². The zero-order chi connectivity index (χ0) is 12.3. The van der Waals surface area contributed by atoms with Crippen LogP contribution in [0.25, 0.3) is 0 Å². The van der Waals surface area contributed by atoms with Crippen molar-refractivity contribution >= 4 is 5.78 Å². The van der Waals surface area contributed by atoms with E-state index in [2.05, 4.69) is 23.6 Å². The Morgan fingerprint density at radius 3 is 2.47 bits per heavy atom. The molecule has 1 saturated heterocycles. The van der Waals surface area contributed by atoms with E-state index in [1.807, 2.05) is 19.1 Å². The monoisotopic (exact) mass is 231 g/mol. The molecule has 1 aliphatic carbocycles. The maximum Gasteiger partial charge on any atom is 0.182 e. The van der Waals surface area contributed by atoms with Gasteiger partial charge in [-0.3, -0.25) is 9.69 Å². The van der Waals surface area contributed by atoms with Crippen molar-refractivity contribution in [3.8, 4) is 0 Å². The summed E-state index contributed by atoms with van der Waals surface area (Å²) in [5.74, 6) is 0.181. The van der Waals surface area contributed by atoms with Gasteiger partial charge in [-0.05, 0) is 44.8 Å². The average Bonchev–Trinajstić information content (AvgIpc) is 2.39. The number of piperidine rings is 1. The van der Waals surface area contributed by atoms with Gasteiger partial charge in [-0.25, -0.2) is 0 Å². The van der Waals surface area contributed by atoms with Crippen LogP contribution >= 0.6 is 0 Å². The smallest absolute Gasteiger partial charge is 0.182 e. The molecule has 1 aliphatic heterocycles. The third-order valence-electron chi connectivity index (χ3n) is 3.75. The number of Topliss-reactive ketones (excluding diaryl/α,β-unsaturated/α-hetero) is 1. The molecule has 0 aromatic rings. The van der Waals surface area contributed by atoms with Gasteiger partial charge in [0.2, 0.25) is 0 Å². The van der Waals surface area contributed by atoms with Gasteiger partial charge in [-0.15, -0.1) is 0 Å². The van der Waals surface area contributed by atoms with Gasteiger partial charge in [0, 0.05) is 0 Å². The number of carbonyl (C=O) groups excluding carboxylic acids is 1. The van der Waals surface area contributed by atoms with Crippen LogP contribution in [0.2, 0.25) is 0 Å². The quantitative estimate of drug-likeness (QED) is 0.696. The second-order valence-electron chi connectivity index (χ2n) is 5.07. The van der Waals surface area contributed by atoms with Gasteiger partial charge in [0.25, 0.3) is 0 Å². The second-order valence-corrected chi connectivity index (χ2v) is 5.07. The largest absolute Gasteiger partial charge is 0.292 e. The van der Waals surface area contributed by atoms with Gasteiger partial charge in [-0.1, -0.05) is 37.3 Å². The molecule has 0 radical (unpaired) electrons. The minimum Gasteiger partial charge on any atom is -0.292 e. The highest BCUT2D eigenvalue weighted by Gasteiger charge is 2.41. The fraction of sp³-hybridized carbons (Fsp3) is 0.533. The summed E-state index contributed by atoms with van der Waals surface area (Å²) in [7, 11) is 0. The summed E-state index contributed by atoms with van der Waals surface area (Å²) >= 11 is 0. The molecule has 92 valence electrons. The highest BCUT2D eigenvalue weighted by molar-refractivity contribution is 6.03. The molecule has 1 unspecified atom stereocenters. The lowest BCUT2D eigenvalue weighted by molar-refractivity contribution is -0.125. The molecule has 0 aromatic heterocycles. The molecule has 2 heteroatoms. The first-order chi connectivity index (χ1) is 8.17. The van der Waals surface area contributed by atoms with Crippen LogP contribution in [0.1, 0.15) is 32.6 Å². The normalized spacial score (nSPS) is 29.2. The van der Waals surface area contributed by atoms with E-state index in [0.717, 1.165) is 19.5 Å². The van der Waals surface area contributed by atoms with E-state index in [4.69, 9.17) is 0 Å². The summed E-state index contributed by atoms with van der Waals surface area (Å²) in [6.45, 7) is 7.71. The first-order valence-electron chi connectivity index (χ1n) is 6.46. The number of rotatable bonds is 3. The highest BCUT2D eigenvalue weighted by atomic mass is 16.1. The molecule has 0 saturated carbocycles. The number of ketones is 1. The Balaban J connectivity index is 2.29. The van der Waals surface area contributed by atoms with Crippen molar-refractivity contribution in [2.75, 3.05) is 13.1 Å². The van der Waals surface area contributed by atoms with Crippen molar-refractivity contribution in [3.63, 3.8) is 0 Å². The highest BCUT2D eigenvalue weighted by Crippen LogP contribution is 2.31. The summed E-state index contributed by atoms with van der Waals surface area (Å²) in [5.41, 5.74) is 0.219. The van der Waals surface area contributed by atoms with Crippen LogP contribution in [0.15, 0.2) is 36.5 Å². The Kier molecular flexibility index (Phi) is 3.63. The molecule has 0 aromatic carbocycles. The van der Waals surface area contributed by atoms with Crippen molar-refractivity contribution < 1.29 is 4.79 Å². The zero-order valence-corrected chi connectivity index (χ0v) is 10.6. The number of hydrogen-bond donors (Lipinski definition) is 0. The lowest BCUT2D eigenvalue weighted by Crippen LogP contribution is -2.55. The SMILES string of the molecule is C=C(C)C(=O)C1(N2CCCCC2)C=CC=CC1. The number of likely N-dealkylation sites (tertiary alicyclic amines) is 1. The average molecular weight is 231 g/mol. The van der Waals surface area contributed by atoms with Crippen LogP contribution in [-0.4, -0.2) is 29.3 Å². The topological polar surface area (TPSA) is 20.3 Å². The van der Waals surface area contributed by atoms with Crippen LogP contribution in [-0.2, 0) is 4.79 Å². The molecule has 17 heavy (non-hydrogen) atoms. The fourth-order valence-electron chi connectivity index (χ4n) is 2.82. The van der Waals surface area contributed by atoms with Crippen LogP contribution in [0.5, 0.6) is 0 Å². The van der Waals surface area contributed by atoms with E-state index in [-0.39, 0.29) is 5.78 Å². The van der Waals surface area contributed by atoms with Gasteiger partial charge in [0.1, 0.15) is 5.54 Å². The standard InChI is InChI=1S/C15H21NO/c1-13(2)14(17)15(9-5-3-6-10-15)16-11-7-4-8-12-16/h3,5-6,9H,1,4,7-8,10-12H2,2H3.